The van der Waals surface area contributed by atoms with Gasteiger partial charge in [-0.2, -0.15) is 4.98 Å². The van der Waals surface area contributed by atoms with Crippen molar-refractivity contribution in [2.45, 2.75) is 25.9 Å². The molecule has 156 valence electrons. The summed E-state index contributed by atoms with van der Waals surface area (Å²) in [5, 5.41) is 8.32. The summed E-state index contributed by atoms with van der Waals surface area (Å²) in [4.78, 5) is 19.2. The second-order valence-corrected chi connectivity index (χ2v) is 8.22. The standard InChI is InChI=1S/C22H22Cl2N4O2/c23-18-7-5-15(6-8-18)21-26-20(30-27-21)13-25-22(29)16-9-11-28(12-10-16)14-17-3-1-2-4-19(17)24/h1-8,16H,9-14H2,(H,25,29). The molecule has 0 atom stereocenters. The number of hydrogen-bond donors (Lipinski definition) is 1. The quantitative estimate of drug-likeness (QED) is 0.602. The molecule has 1 aliphatic rings. The van der Waals surface area contributed by atoms with Crippen molar-refractivity contribution >= 4 is 29.1 Å². The molecule has 1 N–H and O–H groups in total. The fraction of sp³-hybridized carbons (Fsp3) is 0.318. The Balaban J connectivity index is 1.24. The highest BCUT2D eigenvalue weighted by Gasteiger charge is 2.25. The van der Waals surface area contributed by atoms with Crippen LogP contribution in [0.4, 0.5) is 0 Å². The zero-order valence-corrected chi connectivity index (χ0v) is 17.9. The first-order valence-electron chi connectivity index (χ1n) is 9.90. The van der Waals surface area contributed by atoms with Crippen molar-refractivity contribution in [2.75, 3.05) is 13.1 Å². The molecule has 1 saturated heterocycles. The molecular formula is C22H22Cl2N4O2. The van der Waals surface area contributed by atoms with E-state index in [4.69, 9.17) is 27.7 Å². The normalized spacial score (nSPS) is 15.3. The monoisotopic (exact) mass is 444 g/mol. The van der Waals surface area contributed by atoms with Crippen LogP contribution >= 0.6 is 23.2 Å². The van der Waals surface area contributed by atoms with Crippen LogP contribution in [-0.4, -0.2) is 34.0 Å². The Morgan fingerprint density at radius 3 is 2.57 bits per heavy atom. The minimum atomic E-state index is -0.00819. The highest BCUT2D eigenvalue weighted by Crippen LogP contribution is 2.23. The number of benzene rings is 2. The van der Waals surface area contributed by atoms with Crippen molar-refractivity contribution in [1.82, 2.24) is 20.4 Å². The number of amides is 1. The zero-order valence-electron chi connectivity index (χ0n) is 16.4. The van der Waals surface area contributed by atoms with Gasteiger partial charge in [0, 0.05) is 28.1 Å². The Morgan fingerprint density at radius 2 is 1.83 bits per heavy atom. The fourth-order valence-corrected chi connectivity index (χ4v) is 3.89. The lowest BCUT2D eigenvalue weighted by atomic mass is 9.95. The van der Waals surface area contributed by atoms with Crippen LogP contribution in [0.5, 0.6) is 0 Å². The number of piperidine rings is 1. The molecule has 1 aromatic heterocycles. The Hall–Kier alpha value is -2.41. The summed E-state index contributed by atoms with van der Waals surface area (Å²) < 4.78 is 5.25. The number of hydrogen-bond acceptors (Lipinski definition) is 5. The molecule has 3 aromatic rings. The van der Waals surface area contributed by atoms with Crippen molar-refractivity contribution in [3.63, 3.8) is 0 Å². The molecule has 4 rings (SSSR count). The SMILES string of the molecule is O=C(NCc1nc(-c2ccc(Cl)cc2)no1)C1CCN(Cc2ccccc2Cl)CC1. The van der Waals surface area contributed by atoms with Gasteiger partial charge >= 0.3 is 0 Å². The van der Waals surface area contributed by atoms with E-state index in [1.165, 1.54) is 0 Å². The van der Waals surface area contributed by atoms with Crippen LogP contribution in [0.1, 0.15) is 24.3 Å². The van der Waals surface area contributed by atoms with Crippen molar-refractivity contribution < 1.29 is 9.32 Å². The van der Waals surface area contributed by atoms with Gasteiger partial charge in [-0.05, 0) is 61.8 Å². The van der Waals surface area contributed by atoms with E-state index in [-0.39, 0.29) is 18.4 Å². The Kier molecular flexibility index (Phi) is 6.67. The maximum atomic E-state index is 12.5. The van der Waals surface area contributed by atoms with E-state index in [9.17, 15) is 4.79 Å². The third-order valence-electron chi connectivity index (χ3n) is 5.29. The number of rotatable bonds is 6. The summed E-state index contributed by atoms with van der Waals surface area (Å²) >= 11 is 12.2. The summed E-state index contributed by atoms with van der Waals surface area (Å²) in [5.41, 5.74) is 1.93. The second kappa shape index (κ2) is 9.60. The lowest BCUT2D eigenvalue weighted by Crippen LogP contribution is -2.40. The zero-order chi connectivity index (χ0) is 20.9. The molecule has 2 aromatic carbocycles. The first-order chi connectivity index (χ1) is 14.6. The van der Waals surface area contributed by atoms with E-state index < -0.39 is 0 Å². The molecule has 0 bridgehead atoms. The van der Waals surface area contributed by atoms with Crippen molar-refractivity contribution in [3.05, 3.63) is 70.0 Å². The van der Waals surface area contributed by atoms with Gasteiger partial charge in [0.15, 0.2) is 0 Å². The molecular weight excluding hydrogens is 423 g/mol. The van der Waals surface area contributed by atoms with Crippen molar-refractivity contribution in [2.24, 2.45) is 5.92 Å². The van der Waals surface area contributed by atoms with E-state index in [1.807, 2.05) is 36.4 Å². The number of nitrogens with zero attached hydrogens (tertiary/aromatic N) is 3. The third kappa shape index (κ3) is 5.19. The molecule has 0 saturated carbocycles. The molecule has 1 amide bonds. The maximum Gasteiger partial charge on any atom is 0.246 e. The molecule has 6 nitrogen and oxygen atoms in total. The molecule has 0 spiro atoms. The minimum absolute atomic E-state index is 0.00819. The van der Waals surface area contributed by atoms with E-state index in [2.05, 4.69) is 20.4 Å². The van der Waals surface area contributed by atoms with Gasteiger partial charge in [-0.1, -0.05) is 46.6 Å². The first-order valence-corrected chi connectivity index (χ1v) is 10.7. The third-order valence-corrected chi connectivity index (χ3v) is 5.92. The average molecular weight is 445 g/mol. The molecule has 30 heavy (non-hydrogen) atoms. The van der Waals surface area contributed by atoms with Gasteiger partial charge < -0.3 is 9.84 Å². The van der Waals surface area contributed by atoms with Crippen LogP contribution in [0.2, 0.25) is 10.0 Å². The maximum absolute atomic E-state index is 12.5. The largest absolute Gasteiger partial charge is 0.347 e. The van der Waals surface area contributed by atoms with Gasteiger partial charge in [0.05, 0.1) is 6.54 Å². The first kappa shape index (κ1) is 20.8. The molecule has 1 aliphatic heterocycles. The van der Waals surface area contributed by atoms with E-state index in [0.717, 1.165) is 48.6 Å². The van der Waals surface area contributed by atoms with Crippen molar-refractivity contribution in [3.8, 4) is 11.4 Å². The average Bonchev–Trinajstić information content (AvgIpc) is 3.24. The second-order valence-electron chi connectivity index (χ2n) is 7.38. The summed E-state index contributed by atoms with van der Waals surface area (Å²) in [6.07, 6.45) is 1.63. The summed E-state index contributed by atoms with van der Waals surface area (Å²) in [6, 6.07) is 15.1. The number of carbonyl (C=O) groups is 1. The van der Waals surface area contributed by atoms with Crippen LogP contribution in [0.15, 0.2) is 53.1 Å². The minimum Gasteiger partial charge on any atom is -0.347 e. The van der Waals surface area contributed by atoms with Crippen LogP contribution in [0.25, 0.3) is 11.4 Å². The van der Waals surface area contributed by atoms with E-state index in [1.54, 1.807) is 12.1 Å². The van der Waals surface area contributed by atoms with Gasteiger partial charge in [0.1, 0.15) is 0 Å². The van der Waals surface area contributed by atoms with Gasteiger partial charge in [-0.15, -0.1) is 0 Å². The molecule has 0 aliphatic carbocycles. The topological polar surface area (TPSA) is 71.3 Å². The van der Waals surface area contributed by atoms with Gasteiger partial charge in [0.2, 0.25) is 17.6 Å². The molecule has 0 radical (unpaired) electrons. The highest BCUT2D eigenvalue weighted by atomic mass is 35.5. The number of halogens is 2. The lowest BCUT2D eigenvalue weighted by Gasteiger charge is -2.31. The van der Waals surface area contributed by atoms with Crippen LogP contribution in [0, 0.1) is 5.92 Å². The summed E-state index contributed by atoms with van der Waals surface area (Å²) in [5.74, 6) is 0.873. The fourth-order valence-electron chi connectivity index (χ4n) is 3.57. The van der Waals surface area contributed by atoms with E-state index >= 15 is 0 Å². The summed E-state index contributed by atoms with van der Waals surface area (Å²) in [6.45, 7) is 2.76. The number of likely N-dealkylation sites (tertiary alicyclic amines) is 1. The molecule has 0 unspecified atom stereocenters. The van der Waals surface area contributed by atoms with Crippen LogP contribution < -0.4 is 5.32 Å². The predicted molar refractivity (Wildman–Crippen MR) is 116 cm³/mol. The van der Waals surface area contributed by atoms with Crippen molar-refractivity contribution in [1.29, 1.82) is 0 Å². The van der Waals surface area contributed by atoms with Gasteiger partial charge in [-0.3, -0.25) is 9.69 Å². The van der Waals surface area contributed by atoms with Gasteiger partial charge in [-0.25, -0.2) is 0 Å². The summed E-state index contributed by atoms with van der Waals surface area (Å²) in [7, 11) is 0. The van der Waals surface area contributed by atoms with Crippen LogP contribution in [-0.2, 0) is 17.9 Å². The predicted octanol–water partition coefficient (Wildman–Crippen LogP) is 4.57. The molecule has 8 heteroatoms. The Bertz CT molecular complexity index is 998. The number of aromatic nitrogens is 2. The Labute approximate surface area is 185 Å². The smallest absolute Gasteiger partial charge is 0.246 e. The number of nitrogens with one attached hydrogen (secondary N) is 1. The van der Waals surface area contributed by atoms with Gasteiger partial charge in [0.25, 0.3) is 0 Å². The molecule has 1 fully saturated rings. The molecule has 2 heterocycles. The highest BCUT2D eigenvalue weighted by molar-refractivity contribution is 6.31. The lowest BCUT2D eigenvalue weighted by molar-refractivity contribution is -0.126. The van der Waals surface area contributed by atoms with Crippen LogP contribution in [0.3, 0.4) is 0 Å². The van der Waals surface area contributed by atoms with E-state index in [0.29, 0.717) is 16.7 Å². The Morgan fingerprint density at radius 1 is 1.10 bits per heavy atom. The number of carbonyl (C=O) groups excluding carboxylic acids is 1.